The molecule has 0 aliphatic heterocycles. The molecule has 1 rings (SSSR count). The lowest BCUT2D eigenvalue weighted by Gasteiger charge is -2.17. The average Bonchev–Trinajstić information content (AvgIpc) is 2.11. The molecule has 0 spiro atoms. The molecule has 4 heteroatoms. The lowest BCUT2D eigenvalue weighted by atomic mass is 10.1. The summed E-state index contributed by atoms with van der Waals surface area (Å²) in [6, 6.07) is 2.40. The van der Waals surface area contributed by atoms with Crippen LogP contribution in [0.1, 0.15) is 5.56 Å². The van der Waals surface area contributed by atoms with Crippen molar-refractivity contribution in [1.82, 2.24) is 0 Å². The first-order chi connectivity index (χ1) is 6.56. The third-order valence-corrected chi connectivity index (χ3v) is 2.02. The number of hydrogen-bond donors (Lipinski definition) is 1. The van der Waals surface area contributed by atoms with E-state index in [4.69, 9.17) is 5.73 Å². The van der Waals surface area contributed by atoms with Gasteiger partial charge in [-0.3, -0.25) is 0 Å². The van der Waals surface area contributed by atoms with Crippen LogP contribution in [-0.2, 0) is 6.42 Å². The van der Waals surface area contributed by atoms with Gasteiger partial charge in [0, 0.05) is 25.8 Å². The summed E-state index contributed by atoms with van der Waals surface area (Å²) in [5.74, 6) is -1.64. The Kier molecular flexibility index (Phi) is 3.41. The summed E-state index contributed by atoms with van der Waals surface area (Å²) in [7, 11) is 3.57. The van der Waals surface area contributed by atoms with Crippen LogP contribution in [0.5, 0.6) is 0 Å². The Morgan fingerprint density at radius 1 is 1.21 bits per heavy atom. The van der Waals surface area contributed by atoms with Crippen LogP contribution < -0.4 is 10.6 Å². The Hall–Kier alpha value is -1.16. The summed E-state index contributed by atoms with van der Waals surface area (Å²) in [6.45, 7) is 0.423. The first kappa shape index (κ1) is 10.9. The van der Waals surface area contributed by atoms with Gasteiger partial charge in [-0.15, -0.1) is 0 Å². The molecule has 0 aliphatic rings. The van der Waals surface area contributed by atoms with Gasteiger partial charge < -0.3 is 10.6 Å². The van der Waals surface area contributed by atoms with E-state index in [1.807, 2.05) is 0 Å². The molecule has 2 N–H and O–H groups in total. The molecule has 0 unspecified atom stereocenters. The number of halogens is 2. The SMILES string of the molecule is CN(C)c1cc(F)c(F)cc1CCN. The van der Waals surface area contributed by atoms with Crippen molar-refractivity contribution in [3.8, 4) is 0 Å². The average molecular weight is 200 g/mol. The zero-order valence-corrected chi connectivity index (χ0v) is 8.35. The van der Waals surface area contributed by atoms with Crippen LogP contribution in [0.15, 0.2) is 12.1 Å². The number of benzene rings is 1. The van der Waals surface area contributed by atoms with Crippen LogP contribution in [0.3, 0.4) is 0 Å². The lowest BCUT2D eigenvalue weighted by Crippen LogP contribution is -2.14. The van der Waals surface area contributed by atoms with Gasteiger partial charge in [-0.1, -0.05) is 0 Å². The maximum atomic E-state index is 12.9. The van der Waals surface area contributed by atoms with Crippen molar-refractivity contribution in [2.24, 2.45) is 5.73 Å². The van der Waals surface area contributed by atoms with Crippen LogP contribution >= 0.6 is 0 Å². The molecule has 1 aromatic rings. The van der Waals surface area contributed by atoms with E-state index >= 15 is 0 Å². The molecule has 0 saturated carbocycles. The largest absolute Gasteiger partial charge is 0.377 e. The molecule has 14 heavy (non-hydrogen) atoms. The summed E-state index contributed by atoms with van der Waals surface area (Å²) in [6.07, 6.45) is 0.546. The van der Waals surface area contributed by atoms with Crippen molar-refractivity contribution >= 4 is 5.69 Å². The first-order valence-corrected chi connectivity index (χ1v) is 4.41. The molecule has 0 aromatic heterocycles. The van der Waals surface area contributed by atoms with Crippen molar-refractivity contribution in [3.63, 3.8) is 0 Å². The number of hydrogen-bond acceptors (Lipinski definition) is 2. The molecular weight excluding hydrogens is 186 g/mol. The van der Waals surface area contributed by atoms with Gasteiger partial charge in [0.15, 0.2) is 11.6 Å². The Balaban J connectivity index is 3.17. The molecule has 0 saturated heterocycles. The fourth-order valence-electron chi connectivity index (χ4n) is 1.35. The number of nitrogens with zero attached hydrogens (tertiary/aromatic N) is 1. The van der Waals surface area contributed by atoms with Crippen molar-refractivity contribution in [2.45, 2.75) is 6.42 Å². The standard InChI is InChI=1S/C10H14F2N2/c1-14(2)10-6-9(12)8(11)5-7(10)3-4-13/h5-6H,3-4,13H2,1-2H3. The second-order valence-corrected chi connectivity index (χ2v) is 3.33. The maximum Gasteiger partial charge on any atom is 0.160 e. The molecule has 0 radical (unpaired) electrons. The zero-order valence-electron chi connectivity index (χ0n) is 8.35. The molecule has 0 heterocycles. The summed E-state index contributed by atoms with van der Waals surface area (Å²) in [4.78, 5) is 1.74. The second-order valence-electron chi connectivity index (χ2n) is 3.33. The number of nitrogens with two attached hydrogens (primary N) is 1. The van der Waals surface area contributed by atoms with E-state index in [9.17, 15) is 8.78 Å². The Morgan fingerprint density at radius 2 is 1.79 bits per heavy atom. The first-order valence-electron chi connectivity index (χ1n) is 4.41. The zero-order chi connectivity index (χ0) is 10.7. The normalized spacial score (nSPS) is 10.4. The topological polar surface area (TPSA) is 29.3 Å². The third kappa shape index (κ3) is 2.20. The molecule has 0 aliphatic carbocycles. The van der Waals surface area contributed by atoms with Gasteiger partial charge in [0.2, 0.25) is 0 Å². The van der Waals surface area contributed by atoms with Gasteiger partial charge in [0.25, 0.3) is 0 Å². The van der Waals surface area contributed by atoms with Gasteiger partial charge in [-0.05, 0) is 24.6 Å². The van der Waals surface area contributed by atoms with Crippen molar-refractivity contribution in [1.29, 1.82) is 0 Å². The van der Waals surface area contributed by atoms with Crippen LogP contribution in [0, 0.1) is 11.6 Å². The van der Waals surface area contributed by atoms with E-state index in [1.165, 1.54) is 12.1 Å². The number of anilines is 1. The monoisotopic (exact) mass is 200 g/mol. The molecule has 0 amide bonds. The van der Waals surface area contributed by atoms with Gasteiger partial charge in [-0.2, -0.15) is 0 Å². The Morgan fingerprint density at radius 3 is 2.29 bits per heavy atom. The number of rotatable bonds is 3. The van der Waals surface area contributed by atoms with Gasteiger partial charge in [0.05, 0.1) is 0 Å². The Bertz CT molecular complexity index is 324. The smallest absolute Gasteiger partial charge is 0.160 e. The molecule has 0 bridgehead atoms. The summed E-state index contributed by atoms with van der Waals surface area (Å²) in [5.41, 5.74) is 6.79. The van der Waals surface area contributed by atoms with Gasteiger partial charge in [-0.25, -0.2) is 8.78 Å². The lowest BCUT2D eigenvalue weighted by molar-refractivity contribution is 0.507. The van der Waals surface area contributed by atoms with Crippen molar-refractivity contribution < 1.29 is 8.78 Å². The minimum Gasteiger partial charge on any atom is -0.377 e. The molecule has 78 valence electrons. The molecule has 0 atom stereocenters. The van der Waals surface area contributed by atoms with Crippen LogP contribution in [0.2, 0.25) is 0 Å². The predicted octanol–water partition coefficient (Wildman–Crippen LogP) is 1.53. The van der Waals surface area contributed by atoms with E-state index in [1.54, 1.807) is 19.0 Å². The van der Waals surface area contributed by atoms with E-state index in [0.29, 0.717) is 18.7 Å². The fraction of sp³-hybridized carbons (Fsp3) is 0.400. The van der Waals surface area contributed by atoms with E-state index in [2.05, 4.69) is 0 Å². The highest BCUT2D eigenvalue weighted by molar-refractivity contribution is 5.53. The molecular formula is C10H14F2N2. The van der Waals surface area contributed by atoms with E-state index < -0.39 is 11.6 Å². The van der Waals surface area contributed by atoms with Crippen LogP contribution in [-0.4, -0.2) is 20.6 Å². The molecule has 0 fully saturated rings. The minimum atomic E-state index is -0.825. The van der Waals surface area contributed by atoms with Crippen molar-refractivity contribution in [3.05, 3.63) is 29.3 Å². The summed E-state index contributed by atoms with van der Waals surface area (Å²) in [5, 5.41) is 0. The van der Waals surface area contributed by atoms with Gasteiger partial charge >= 0.3 is 0 Å². The van der Waals surface area contributed by atoms with Gasteiger partial charge in [0.1, 0.15) is 0 Å². The highest BCUT2D eigenvalue weighted by Crippen LogP contribution is 2.22. The highest BCUT2D eigenvalue weighted by atomic mass is 19.2. The Labute approximate surface area is 82.3 Å². The summed E-state index contributed by atoms with van der Waals surface area (Å²) < 4.78 is 25.8. The quantitative estimate of drug-likeness (QED) is 0.801. The van der Waals surface area contributed by atoms with E-state index in [0.717, 1.165) is 5.56 Å². The van der Waals surface area contributed by atoms with E-state index in [-0.39, 0.29) is 0 Å². The van der Waals surface area contributed by atoms with Crippen LogP contribution in [0.25, 0.3) is 0 Å². The third-order valence-electron chi connectivity index (χ3n) is 2.02. The molecule has 2 nitrogen and oxygen atoms in total. The fourth-order valence-corrected chi connectivity index (χ4v) is 1.35. The predicted molar refractivity (Wildman–Crippen MR) is 53.4 cm³/mol. The second kappa shape index (κ2) is 4.37. The maximum absolute atomic E-state index is 12.9. The molecule has 1 aromatic carbocycles. The minimum absolute atomic E-state index is 0.423. The van der Waals surface area contributed by atoms with Crippen molar-refractivity contribution in [2.75, 3.05) is 25.5 Å². The highest BCUT2D eigenvalue weighted by Gasteiger charge is 2.10. The van der Waals surface area contributed by atoms with Crippen LogP contribution in [0.4, 0.5) is 14.5 Å². The summed E-state index contributed by atoms with van der Waals surface area (Å²) >= 11 is 0.